The molecule has 1 N–H and O–H groups in total. The van der Waals surface area contributed by atoms with Crippen LogP contribution in [0, 0.1) is 0 Å². The molecule has 2 heterocycles. The van der Waals surface area contributed by atoms with E-state index in [0.717, 1.165) is 42.3 Å². The number of hydrogen-bond acceptors (Lipinski definition) is 4. The number of hydrogen-bond donors (Lipinski definition) is 1. The van der Waals surface area contributed by atoms with Gasteiger partial charge in [0.15, 0.2) is 0 Å². The van der Waals surface area contributed by atoms with E-state index >= 15 is 0 Å². The van der Waals surface area contributed by atoms with Crippen LogP contribution in [0.15, 0.2) is 53.5 Å². The van der Waals surface area contributed by atoms with E-state index in [1.165, 1.54) is 32.4 Å². The van der Waals surface area contributed by atoms with Gasteiger partial charge in [-0.2, -0.15) is 0 Å². The van der Waals surface area contributed by atoms with Crippen molar-refractivity contribution in [3.05, 3.63) is 54.1 Å². The van der Waals surface area contributed by atoms with Crippen LogP contribution in [0.25, 0.3) is 0 Å². The van der Waals surface area contributed by atoms with Gasteiger partial charge < -0.3 is 15.0 Å². The predicted molar refractivity (Wildman–Crippen MR) is 113 cm³/mol. The maximum atomic E-state index is 12.1. The number of anilines is 1. The number of benzene rings is 2. The number of fused-ring (bicyclic) bond motifs is 1. The fraction of sp³-hybridized carbons (Fsp3) is 0.391. The topological polar surface area (TPSA) is 53.9 Å². The van der Waals surface area contributed by atoms with Gasteiger partial charge in [-0.25, -0.2) is 0 Å². The van der Waals surface area contributed by atoms with Crippen molar-refractivity contribution in [2.24, 2.45) is 4.99 Å². The molecule has 2 aliphatic rings. The van der Waals surface area contributed by atoms with Crippen LogP contribution in [0.2, 0.25) is 0 Å². The largest absolute Gasteiger partial charge is 0.494 e. The van der Waals surface area contributed by atoms with Crippen LogP contribution in [0.5, 0.6) is 5.75 Å². The van der Waals surface area contributed by atoms with Crippen LogP contribution in [-0.4, -0.2) is 43.3 Å². The van der Waals surface area contributed by atoms with Crippen LogP contribution < -0.4 is 10.1 Å². The second-order valence-electron chi connectivity index (χ2n) is 7.43. The number of aliphatic imine (C=N–C) groups is 1. The minimum absolute atomic E-state index is 0.0291. The summed E-state index contributed by atoms with van der Waals surface area (Å²) in [4.78, 5) is 19.2. The molecule has 28 heavy (non-hydrogen) atoms. The molecular weight excluding hydrogens is 350 g/mol. The number of amides is 1. The molecule has 0 saturated carbocycles. The monoisotopic (exact) mass is 377 g/mol. The number of likely N-dealkylation sites (tertiary alicyclic amines) is 1. The Morgan fingerprint density at radius 2 is 1.86 bits per heavy atom. The zero-order chi connectivity index (χ0) is 19.2. The Balaban J connectivity index is 1.26. The number of nitrogens with one attached hydrogen (secondary N) is 1. The van der Waals surface area contributed by atoms with Crippen LogP contribution in [0.1, 0.15) is 37.2 Å². The van der Waals surface area contributed by atoms with Gasteiger partial charge in [-0.15, -0.1) is 0 Å². The van der Waals surface area contributed by atoms with Gasteiger partial charge in [0, 0.05) is 18.4 Å². The predicted octanol–water partition coefficient (Wildman–Crippen LogP) is 4.38. The van der Waals surface area contributed by atoms with Gasteiger partial charge >= 0.3 is 0 Å². The molecule has 2 aromatic carbocycles. The highest BCUT2D eigenvalue weighted by atomic mass is 16.5. The van der Waals surface area contributed by atoms with E-state index in [2.05, 4.69) is 15.2 Å². The minimum Gasteiger partial charge on any atom is -0.494 e. The first-order valence-electron chi connectivity index (χ1n) is 10.2. The molecule has 1 atom stereocenters. The molecule has 0 aliphatic carbocycles. The summed E-state index contributed by atoms with van der Waals surface area (Å²) in [5.41, 5.74) is 2.67. The first-order valence-corrected chi connectivity index (χ1v) is 10.2. The van der Waals surface area contributed by atoms with Gasteiger partial charge in [0.25, 0.3) is 0 Å². The Morgan fingerprint density at radius 1 is 1.07 bits per heavy atom. The first-order chi connectivity index (χ1) is 13.8. The van der Waals surface area contributed by atoms with Crippen molar-refractivity contribution in [2.45, 2.75) is 31.6 Å². The number of para-hydroxylation sites is 1. The molecule has 5 nitrogen and oxygen atoms in total. The first kappa shape index (κ1) is 18.7. The molecule has 5 heteroatoms. The van der Waals surface area contributed by atoms with E-state index in [4.69, 9.17) is 4.74 Å². The molecule has 1 unspecified atom stereocenters. The van der Waals surface area contributed by atoms with Gasteiger partial charge in [0.05, 0.1) is 12.3 Å². The number of piperidine rings is 1. The number of ether oxygens (including phenoxy) is 1. The second kappa shape index (κ2) is 9.02. The Morgan fingerprint density at radius 3 is 2.68 bits per heavy atom. The molecule has 1 saturated heterocycles. The molecule has 4 rings (SSSR count). The molecule has 0 aromatic heterocycles. The summed E-state index contributed by atoms with van der Waals surface area (Å²) in [6.45, 7) is 4.32. The summed E-state index contributed by atoms with van der Waals surface area (Å²) in [7, 11) is 0. The molecule has 2 aliphatic heterocycles. The molecular formula is C23H27N3O2. The lowest BCUT2D eigenvalue weighted by atomic mass is 10.0. The smallest absolute Gasteiger partial charge is 0.237 e. The Hall–Kier alpha value is -2.66. The van der Waals surface area contributed by atoms with E-state index in [0.29, 0.717) is 0 Å². The standard InChI is InChI=1S/C23H27N3O2/c27-23-21(20-7-2-3-8-22(20)25-23)17-24-18-9-11-19(12-10-18)28-16-6-15-26-13-4-1-5-14-26/h2-3,7-12,17,21H,1,4-6,13-16H2,(H,25,27). The quantitative estimate of drug-likeness (QED) is 0.575. The molecule has 1 fully saturated rings. The number of carbonyl (C=O) groups excluding carboxylic acids is 1. The van der Waals surface area contributed by atoms with E-state index in [-0.39, 0.29) is 11.8 Å². The van der Waals surface area contributed by atoms with Gasteiger partial charge in [-0.1, -0.05) is 24.6 Å². The Bertz CT molecular complexity index is 826. The van der Waals surface area contributed by atoms with Crippen molar-refractivity contribution >= 4 is 23.5 Å². The van der Waals surface area contributed by atoms with Gasteiger partial charge in [0.1, 0.15) is 11.7 Å². The van der Waals surface area contributed by atoms with Crippen molar-refractivity contribution in [3.8, 4) is 5.75 Å². The van der Waals surface area contributed by atoms with Crippen molar-refractivity contribution in [1.29, 1.82) is 0 Å². The molecule has 0 spiro atoms. The number of carbonyl (C=O) groups is 1. The number of rotatable bonds is 7. The Labute approximate surface area is 166 Å². The third-order valence-electron chi connectivity index (χ3n) is 5.38. The zero-order valence-electron chi connectivity index (χ0n) is 16.1. The van der Waals surface area contributed by atoms with Crippen LogP contribution >= 0.6 is 0 Å². The zero-order valence-corrected chi connectivity index (χ0v) is 16.1. The minimum atomic E-state index is -0.332. The second-order valence-corrected chi connectivity index (χ2v) is 7.43. The summed E-state index contributed by atoms with van der Waals surface area (Å²) >= 11 is 0. The van der Waals surface area contributed by atoms with Gasteiger partial charge in [0.2, 0.25) is 5.91 Å². The normalized spacial score (nSPS) is 19.6. The fourth-order valence-corrected chi connectivity index (χ4v) is 3.83. The third-order valence-corrected chi connectivity index (χ3v) is 5.38. The highest BCUT2D eigenvalue weighted by Gasteiger charge is 2.28. The van der Waals surface area contributed by atoms with Crippen LogP contribution in [0.4, 0.5) is 11.4 Å². The maximum Gasteiger partial charge on any atom is 0.237 e. The third kappa shape index (κ3) is 4.60. The lowest BCUT2D eigenvalue weighted by Gasteiger charge is -2.26. The summed E-state index contributed by atoms with van der Waals surface area (Å²) in [5.74, 6) is 0.502. The summed E-state index contributed by atoms with van der Waals surface area (Å²) < 4.78 is 5.85. The van der Waals surface area contributed by atoms with Crippen molar-refractivity contribution < 1.29 is 9.53 Å². The summed E-state index contributed by atoms with van der Waals surface area (Å²) in [5, 5.41) is 2.89. The van der Waals surface area contributed by atoms with E-state index in [1.54, 1.807) is 6.21 Å². The molecule has 2 aromatic rings. The summed E-state index contributed by atoms with van der Waals surface area (Å²) in [6.07, 6.45) is 6.80. The summed E-state index contributed by atoms with van der Waals surface area (Å²) in [6, 6.07) is 15.5. The van der Waals surface area contributed by atoms with Crippen molar-refractivity contribution in [2.75, 3.05) is 31.6 Å². The van der Waals surface area contributed by atoms with Gasteiger partial charge in [-0.3, -0.25) is 9.79 Å². The maximum absolute atomic E-state index is 12.1. The molecule has 0 bridgehead atoms. The van der Waals surface area contributed by atoms with Crippen molar-refractivity contribution in [3.63, 3.8) is 0 Å². The SMILES string of the molecule is O=C1Nc2ccccc2C1C=Nc1ccc(OCCCN2CCCCC2)cc1. The molecule has 146 valence electrons. The lowest BCUT2D eigenvalue weighted by molar-refractivity contribution is -0.115. The molecule has 1 amide bonds. The van der Waals surface area contributed by atoms with Crippen molar-refractivity contribution in [1.82, 2.24) is 4.90 Å². The lowest BCUT2D eigenvalue weighted by Crippen LogP contribution is -2.31. The average molecular weight is 377 g/mol. The van der Waals surface area contributed by atoms with E-state index in [9.17, 15) is 4.79 Å². The van der Waals surface area contributed by atoms with E-state index < -0.39 is 0 Å². The fourth-order valence-electron chi connectivity index (χ4n) is 3.83. The highest BCUT2D eigenvalue weighted by molar-refractivity contribution is 6.12. The van der Waals surface area contributed by atoms with Crippen LogP contribution in [-0.2, 0) is 4.79 Å². The highest BCUT2D eigenvalue weighted by Crippen LogP contribution is 2.31. The Kier molecular flexibility index (Phi) is 6.02. The van der Waals surface area contributed by atoms with Crippen LogP contribution in [0.3, 0.4) is 0 Å². The van der Waals surface area contributed by atoms with Gasteiger partial charge in [-0.05, 0) is 68.2 Å². The molecule has 0 radical (unpaired) electrons. The average Bonchev–Trinajstić information content (AvgIpc) is 3.06. The van der Waals surface area contributed by atoms with E-state index in [1.807, 2.05) is 48.5 Å². The number of nitrogens with zero attached hydrogens (tertiary/aromatic N) is 2.